The van der Waals surface area contributed by atoms with E-state index >= 15 is 0 Å². The lowest BCUT2D eigenvalue weighted by molar-refractivity contribution is 0.415. The molecule has 0 amide bonds. The molecule has 0 aliphatic heterocycles. The second-order valence-corrected chi connectivity index (χ2v) is 4.22. The van der Waals surface area contributed by atoms with Gasteiger partial charge in [0.2, 0.25) is 0 Å². The summed E-state index contributed by atoms with van der Waals surface area (Å²) in [5.74, 6) is 0.683. The minimum absolute atomic E-state index is 0.552. The molecule has 98 valence electrons. The number of hydrogen-bond donors (Lipinski definition) is 0. The number of benzene rings is 2. The van der Waals surface area contributed by atoms with Gasteiger partial charge in [-0.25, -0.2) is 0 Å². The summed E-state index contributed by atoms with van der Waals surface area (Å²) in [6, 6.07) is 16.8. The first kappa shape index (κ1) is 13.5. The van der Waals surface area contributed by atoms with Gasteiger partial charge in [-0.1, -0.05) is 6.07 Å². The van der Waals surface area contributed by atoms with Crippen molar-refractivity contribution in [2.24, 2.45) is 0 Å². The van der Waals surface area contributed by atoms with Crippen LogP contribution >= 0.6 is 0 Å². The summed E-state index contributed by atoms with van der Waals surface area (Å²) in [5, 5.41) is 18.2. The van der Waals surface area contributed by atoms with Crippen molar-refractivity contribution in [1.29, 1.82) is 10.5 Å². The second kappa shape index (κ2) is 5.77. The molecule has 0 N–H and O–H groups in total. The molecule has 0 heterocycles. The third-order valence-corrected chi connectivity index (χ3v) is 3.05. The van der Waals surface area contributed by atoms with Crippen LogP contribution in [-0.4, -0.2) is 14.2 Å². The lowest BCUT2D eigenvalue weighted by Gasteiger charge is -2.21. The summed E-state index contributed by atoms with van der Waals surface area (Å²) >= 11 is 0. The van der Waals surface area contributed by atoms with Crippen LogP contribution in [0.25, 0.3) is 0 Å². The molecule has 0 aliphatic rings. The molecule has 2 aromatic rings. The summed E-state index contributed by atoms with van der Waals surface area (Å²) < 4.78 is 5.20. The third-order valence-electron chi connectivity index (χ3n) is 3.05. The minimum Gasteiger partial charge on any atom is -0.497 e. The van der Waals surface area contributed by atoms with Gasteiger partial charge in [0.05, 0.1) is 30.0 Å². The number of rotatable bonds is 3. The average molecular weight is 263 g/mol. The first-order chi connectivity index (χ1) is 9.69. The molecule has 4 heteroatoms. The van der Waals surface area contributed by atoms with Crippen LogP contribution in [-0.2, 0) is 0 Å². The quantitative estimate of drug-likeness (QED) is 0.853. The van der Waals surface area contributed by atoms with E-state index in [-0.39, 0.29) is 0 Å². The van der Waals surface area contributed by atoms with E-state index < -0.39 is 0 Å². The Bertz CT molecular complexity index is 710. The molecule has 0 aromatic heterocycles. The van der Waals surface area contributed by atoms with E-state index in [9.17, 15) is 5.26 Å². The Hall–Kier alpha value is -2.98. The molecule has 0 atom stereocenters. The zero-order valence-electron chi connectivity index (χ0n) is 11.3. The monoisotopic (exact) mass is 263 g/mol. The second-order valence-electron chi connectivity index (χ2n) is 4.22. The van der Waals surface area contributed by atoms with Crippen molar-refractivity contribution in [2.45, 2.75) is 0 Å². The zero-order valence-corrected chi connectivity index (χ0v) is 11.3. The Balaban J connectivity index is 2.49. The molecule has 0 spiro atoms. The summed E-state index contributed by atoms with van der Waals surface area (Å²) in [5.41, 5.74) is 2.71. The van der Waals surface area contributed by atoms with Gasteiger partial charge in [-0.2, -0.15) is 10.5 Å². The van der Waals surface area contributed by atoms with Crippen LogP contribution in [0.2, 0.25) is 0 Å². The summed E-state index contributed by atoms with van der Waals surface area (Å²) in [6.07, 6.45) is 0. The van der Waals surface area contributed by atoms with E-state index in [2.05, 4.69) is 12.1 Å². The highest BCUT2D eigenvalue weighted by atomic mass is 16.5. The van der Waals surface area contributed by atoms with E-state index in [1.807, 2.05) is 24.1 Å². The molecule has 0 bridgehead atoms. The largest absolute Gasteiger partial charge is 0.497 e. The fourth-order valence-electron chi connectivity index (χ4n) is 1.93. The van der Waals surface area contributed by atoms with Gasteiger partial charge in [-0.15, -0.1) is 0 Å². The smallest absolute Gasteiger partial charge is 0.121 e. The van der Waals surface area contributed by atoms with Crippen molar-refractivity contribution in [2.75, 3.05) is 19.1 Å². The fraction of sp³-hybridized carbons (Fsp3) is 0.125. The van der Waals surface area contributed by atoms with Gasteiger partial charge in [-0.3, -0.25) is 0 Å². The van der Waals surface area contributed by atoms with Crippen molar-refractivity contribution in [3.63, 3.8) is 0 Å². The van der Waals surface area contributed by atoms with Crippen molar-refractivity contribution in [3.8, 4) is 17.9 Å². The molecule has 0 radical (unpaired) electrons. The van der Waals surface area contributed by atoms with Crippen molar-refractivity contribution < 1.29 is 4.74 Å². The van der Waals surface area contributed by atoms with Gasteiger partial charge in [0, 0.05) is 18.8 Å². The topological polar surface area (TPSA) is 60.0 Å². The number of anilines is 2. The maximum absolute atomic E-state index is 9.21. The normalized spacial score (nSPS) is 9.40. The Morgan fingerprint density at radius 1 is 1.05 bits per heavy atom. The maximum Gasteiger partial charge on any atom is 0.121 e. The first-order valence-electron chi connectivity index (χ1n) is 6.01. The van der Waals surface area contributed by atoms with Gasteiger partial charge >= 0.3 is 0 Å². The molecule has 0 unspecified atom stereocenters. The van der Waals surface area contributed by atoms with Gasteiger partial charge in [-0.05, 0) is 30.3 Å². The van der Waals surface area contributed by atoms with E-state index in [0.717, 1.165) is 11.4 Å². The van der Waals surface area contributed by atoms with E-state index in [0.29, 0.717) is 16.9 Å². The van der Waals surface area contributed by atoms with Crippen LogP contribution in [0.4, 0.5) is 11.4 Å². The van der Waals surface area contributed by atoms with Crippen LogP contribution in [0.5, 0.6) is 5.75 Å². The van der Waals surface area contributed by atoms with Gasteiger partial charge in [0.25, 0.3) is 0 Å². The lowest BCUT2D eigenvalue weighted by atomic mass is 10.1. The molecule has 0 saturated heterocycles. The highest BCUT2D eigenvalue weighted by Crippen LogP contribution is 2.30. The maximum atomic E-state index is 9.21. The van der Waals surface area contributed by atoms with Crippen LogP contribution < -0.4 is 9.64 Å². The Kier molecular flexibility index (Phi) is 3.88. The van der Waals surface area contributed by atoms with E-state index in [4.69, 9.17) is 10.00 Å². The van der Waals surface area contributed by atoms with E-state index in [1.54, 1.807) is 37.4 Å². The van der Waals surface area contributed by atoms with Crippen LogP contribution in [0, 0.1) is 22.7 Å². The minimum atomic E-state index is 0.552. The number of nitriles is 2. The Morgan fingerprint density at radius 2 is 1.85 bits per heavy atom. The standard InChI is InChI=1S/C16H13N3O/c1-19(14-5-3-4-12(8-14)10-17)16-9-15(20-2)7-6-13(16)11-18/h3-9H,1-2H3. The first-order valence-corrected chi connectivity index (χ1v) is 6.01. The van der Waals surface area contributed by atoms with Crippen LogP contribution in [0.1, 0.15) is 11.1 Å². The number of ether oxygens (including phenoxy) is 1. The number of hydrogen-bond acceptors (Lipinski definition) is 4. The summed E-state index contributed by atoms with van der Waals surface area (Å²) in [6.45, 7) is 0. The predicted octanol–water partition coefficient (Wildman–Crippen LogP) is 3.21. The zero-order chi connectivity index (χ0) is 14.5. The molecule has 20 heavy (non-hydrogen) atoms. The molecule has 0 fully saturated rings. The molecule has 0 saturated carbocycles. The predicted molar refractivity (Wildman–Crippen MR) is 76.9 cm³/mol. The van der Waals surface area contributed by atoms with Crippen molar-refractivity contribution in [1.82, 2.24) is 0 Å². The lowest BCUT2D eigenvalue weighted by Crippen LogP contribution is -2.11. The molecule has 4 nitrogen and oxygen atoms in total. The Labute approximate surface area is 118 Å². The van der Waals surface area contributed by atoms with E-state index in [1.165, 1.54) is 0 Å². The number of methoxy groups -OCH3 is 1. The molecular formula is C16H13N3O. The fourth-order valence-corrected chi connectivity index (χ4v) is 1.93. The van der Waals surface area contributed by atoms with Gasteiger partial charge in [0.15, 0.2) is 0 Å². The van der Waals surface area contributed by atoms with Crippen LogP contribution in [0.15, 0.2) is 42.5 Å². The van der Waals surface area contributed by atoms with Crippen molar-refractivity contribution in [3.05, 3.63) is 53.6 Å². The van der Waals surface area contributed by atoms with Gasteiger partial charge < -0.3 is 9.64 Å². The molecule has 2 rings (SSSR count). The van der Waals surface area contributed by atoms with Gasteiger partial charge in [0.1, 0.15) is 11.8 Å². The highest BCUT2D eigenvalue weighted by Gasteiger charge is 2.11. The summed E-state index contributed by atoms with van der Waals surface area (Å²) in [7, 11) is 3.44. The SMILES string of the molecule is COc1ccc(C#N)c(N(C)c2cccc(C#N)c2)c1. The third kappa shape index (κ3) is 2.55. The summed E-state index contributed by atoms with van der Waals surface area (Å²) in [4.78, 5) is 1.86. The average Bonchev–Trinajstić information content (AvgIpc) is 2.53. The Morgan fingerprint density at radius 3 is 2.50 bits per heavy atom. The highest BCUT2D eigenvalue weighted by molar-refractivity contribution is 5.71. The van der Waals surface area contributed by atoms with Crippen LogP contribution in [0.3, 0.4) is 0 Å². The number of nitrogens with zero attached hydrogens (tertiary/aromatic N) is 3. The molecular weight excluding hydrogens is 250 g/mol. The van der Waals surface area contributed by atoms with Crippen molar-refractivity contribution >= 4 is 11.4 Å². The molecule has 0 aliphatic carbocycles. The molecule has 2 aromatic carbocycles.